The smallest absolute Gasteiger partial charge is 0.259 e. The van der Waals surface area contributed by atoms with E-state index < -0.39 is 10.0 Å². The van der Waals surface area contributed by atoms with Crippen LogP contribution >= 0.6 is 11.6 Å². The fraction of sp³-hybridized carbons (Fsp3) is 0.667. The first-order chi connectivity index (χ1) is 7.37. The van der Waals surface area contributed by atoms with Crippen molar-refractivity contribution in [2.24, 2.45) is 0 Å². The van der Waals surface area contributed by atoms with Crippen LogP contribution in [-0.2, 0) is 16.4 Å². The lowest BCUT2D eigenvalue weighted by atomic mass is 10.5. The summed E-state index contributed by atoms with van der Waals surface area (Å²) < 4.78 is 25.2. The molecular weight excluding hydrogens is 250 g/mol. The van der Waals surface area contributed by atoms with Gasteiger partial charge in [0, 0.05) is 25.4 Å². The van der Waals surface area contributed by atoms with Crippen molar-refractivity contribution in [3.63, 3.8) is 0 Å². The standard InChI is InChI=1S/C9H16ClN3O2S/c1-4-8-11-5-9(12-8)16(14,15)13(3)6-7(2)10/h5,7H,4,6H2,1-3H3,(H,11,12). The van der Waals surface area contributed by atoms with Crippen LogP contribution in [0.25, 0.3) is 0 Å². The molecule has 92 valence electrons. The Morgan fingerprint density at radius 2 is 2.25 bits per heavy atom. The summed E-state index contributed by atoms with van der Waals surface area (Å²) in [4.78, 5) is 6.74. The maximum atomic E-state index is 12.0. The zero-order chi connectivity index (χ0) is 12.3. The third-order valence-corrected chi connectivity index (χ3v) is 4.01. The molecule has 1 rings (SSSR count). The van der Waals surface area contributed by atoms with Crippen LogP contribution < -0.4 is 0 Å². The van der Waals surface area contributed by atoms with Gasteiger partial charge in [-0.25, -0.2) is 13.4 Å². The highest BCUT2D eigenvalue weighted by molar-refractivity contribution is 7.89. The molecule has 1 heterocycles. The van der Waals surface area contributed by atoms with E-state index in [0.29, 0.717) is 12.2 Å². The lowest BCUT2D eigenvalue weighted by Crippen LogP contribution is -2.31. The van der Waals surface area contributed by atoms with Crippen molar-refractivity contribution < 1.29 is 8.42 Å². The second-order valence-electron chi connectivity index (χ2n) is 3.61. The third-order valence-electron chi connectivity index (χ3n) is 2.14. The minimum Gasteiger partial charge on any atom is -0.332 e. The van der Waals surface area contributed by atoms with Gasteiger partial charge < -0.3 is 4.98 Å². The number of halogens is 1. The summed E-state index contributed by atoms with van der Waals surface area (Å²) in [6.07, 6.45) is 2.01. The zero-order valence-electron chi connectivity index (χ0n) is 9.57. The molecule has 1 aromatic rings. The molecular formula is C9H16ClN3O2S. The average Bonchev–Trinajstić information content (AvgIpc) is 2.65. The number of hydrogen-bond donors (Lipinski definition) is 1. The average molecular weight is 266 g/mol. The Balaban J connectivity index is 2.92. The van der Waals surface area contributed by atoms with E-state index in [1.165, 1.54) is 17.5 Å². The van der Waals surface area contributed by atoms with Gasteiger partial charge in [0.05, 0.1) is 6.20 Å². The Labute approximate surface area is 101 Å². The maximum Gasteiger partial charge on any atom is 0.259 e. The third kappa shape index (κ3) is 2.96. The summed E-state index contributed by atoms with van der Waals surface area (Å²) in [7, 11) is -1.99. The fourth-order valence-electron chi connectivity index (χ4n) is 1.27. The molecule has 0 aliphatic rings. The van der Waals surface area contributed by atoms with Crippen LogP contribution in [0.1, 0.15) is 19.7 Å². The first kappa shape index (κ1) is 13.5. The monoisotopic (exact) mass is 265 g/mol. The van der Waals surface area contributed by atoms with Crippen molar-refractivity contribution in [3.05, 3.63) is 12.0 Å². The molecule has 16 heavy (non-hydrogen) atoms. The topological polar surface area (TPSA) is 66.1 Å². The second-order valence-corrected chi connectivity index (χ2v) is 6.37. The van der Waals surface area contributed by atoms with Crippen molar-refractivity contribution in [1.29, 1.82) is 0 Å². The minimum absolute atomic E-state index is 0.115. The van der Waals surface area contributed by atoms with Crippen LogP contribution in [0.4, 0.5) is 0 Å². The van der Waals surface area contributed by atoms with Gasteiger partial charge in [-0.1, -0.05) is 6.92 Å². The molecule has 5 nitrogen and oxygen atoms in total. The summed E-state index contributed by atoms with van der Waals surface area (Å²) >= 11 is 5.77. The van der Waals surface area contributed by atoms with E-state index in [2.05, 4.69) is 9.97 Å². The molecule has 0 aromatic carbocycles. The number of hydrogen-bond acceptors (Lipinski definition) is 3. The molecule has 0 saturated carbocycles. The lowest BCUT2D eigenvalue weighted by molar-refractivity contribution is 0.468. The van der Waals surface area contributed by atoms with Crippen LogP contribution in [0.2, 0.25) is 0 Å². The highest BCUT2D eigenvalue weighted by Gasteiger charge is 2.23. The summed E-state index contributed by atoms with van der Waals surface area (Å²) in [5.74, 6) is 0.658. The predicted molar refractivity (Wildman–Crippen MR) is 63.1 cm³/mol. The molecule has 0 aliphatic carbocycles. The highest BCUT2D eigenvalue weighted by Crippen LogP contribution is 2.13. The van der Waals surface area contributed by atoms with Crippen LogP contribution in [0.3, 0.4) is 0 Å². The minimum atomic E-state index is -3.49. The summed E-state index contributed by atoms with van der Waals surface area (Å²) in [6, 6.07) is 0. The fourth-order valence-corrected chi connectivity index (χ4v) is 2.75. The van der Waals surface area contributed by atoms with Crippen LogP contribution in [0.5, 0.6) is 0 Å². The van der Waals surface area contributed by atoms with E-state index in [-0.39, 0.29) is 16.9 Å². The number of imidazole rings is 1. The Morgan fingerprint density at radius 1 is 1.62 bits per heavy atom. The van der Waals surface area contributed by atoms with Gasteiger partial charge >= 0.3 is 0 Å². The number of aromatic nitrogens is 2. The number of aryl methyl sites for hydroxylation is 1. The number of H-pyrrole nitrogens is 1. The number of alkyl halides is 1. The first-order valence-electron chi connectivity index (χ1n) is 5.02. The highest BCUT2D eigenvalue weighted by atomic mass is 35.5. The number of sulfonamides is 1. The van der Waals surface area contributed by atoms with Gasteiger partial charge in [-0.2, -0.15) is 4.31 Å². The van der Waals surface area contributed by atoms with Crippen LogP contribution in [-0.4, -0.2) is 41.7 Å². The maximum absolute atomic E-state index is 12.0. The van der Waals surface area contributed by atoms with Gasteiger partial charge in [0.15, 0.2) is 5.03 Å². The van der Waals surface area contributed by atoms with E-state index >= 15 is 0 Å². The first-order valence-corrected chi connectivity index (χ1v) is 6.89. The molecule has 1 unspecified atom stereocenters. The largest absolute Gasteiger partial charge is 0.332 e. The van der Waals surface area contributed by atoms with Gasteiger partial charge in [-0.15, -0.1) is 11.6 Å². The molecule has 0 saturated heterocycles. The molecule has 0 aliphatic heterocycles. The van der Waals surface area contributed by atoms with Crippen LogP contribution in [0, 0.1) is 0 Å². The van der Waals surface area contributed by atoms with E-state index in [1.54, 1.807) is 6.92 Å². The van der Waals surface area contributed by atoms with Crippen molar-refractivity contribution in [1.82, 2.24) is 14.3 Å². The van der Waals surface area contributed by atoms with Gasteiger partial charge in [-0.3, -0.25) is 0 Å². The summed E-state index contributed by atoms with van der Waals surface area (Å²) in [5, 5.41) is -0.113. The molecule has 0 spiro atoms. The molecule has 0 amide bonds. The Bertz CT molecular complexity index is 441. The van der Waals surface area contributed by atoms with Crippen LogP contribution in [0.15, 0.2) is 11.2 Å². The second kappa shape index (κ2) is 5.16. The Morgan fingerprint density at radius 3 is 2.69 bits per heavy atom. The van der Waals surface area contributed by atoms with Gasteiger partial charge in [-0.05, 0) is 6.92 Å². The number of nitrogens with zero attached hydrogens (tertiary/aromatic N) is 2. The van der Waals surface area contributed by atoms with E-state index in [4.69, 9.17) is 11.6 Å². The predicted octanol–water partition coefficient (Wildman–Crippen LogP) is 1.22. The van der Waals surface area contributed by atoms with Crippen molar-refractivity contribution in [2.75, 3.05) is 13.6 Å². The molecule has 1 atom stereocenters. The molecule has 1 aromatic heterocycles. The van der Waals surface area contributed by atoms with Crippen molar-refractivity contribution in [2.45, 2.75) is 30.7 Å². The quantitative estimate of drug-likeness (QED) is 0.814. The molecule has 0 bridgehead atoms. The summed E-state index contributed by atoms with van der Waals surface area (Å²) in [6.45, 7) is 3.92. The molecule has 0 fully saturated rings. The van der Waals surface area contributed by atoms with Crippen molar-refractivity contribution in [3.8, 4) is 0 Å². The number of nitrogens with one attached hydrogen (secondary N) is 1. The van der Waals surface area contributed by atoms with Gasteiger partial charge in [0.1, 0.15) is 5.82 Å². The normalized spacial score (nSPS) is 14.3. The van der Waals surface area contributed by atoms with E-state index in [1.807, 2.05) is 6.92 Å². The Kier molecular flexibility index (Phi) is 4.35. The number of aromatic amines is 1. The van der Waals surface area contributed by atoms with Crippen molar-refractivity contribution >= 4 is 21.6 Å². The zero-order valence-corrected chi connectivity index (χ0v) is 11.1. The van der Waals surface area contributed by atoms with E-state index in [9.17, 15) is 8.42 Å². The molecule has 1 N–H and O–H groups in total. The van der Waals surface area contributed by atoms with E-state index in [0.717, 1.165) is 0 Å². The molecule has 7 heteroatoms. The number of rotatable bonds is 5. The van der Waals surface area contributed by atoms with Gasteiger partial charge in [0.25, 0.3) is 10.0 Å². The SMILES string of the molecule is CCc1ncc(S(=O)(=O)N(C)CC(C)Cl)[nH]1. The lowest BCUT2D eigenvalue weighted by Gasteiger charge is -2.16. The Hall–Kier alpha value is -0.590. The molecule has 0 radical (unpaired) electrons. The van der Waals surface area contributed by atoms with Gasteiger partial charge in [0.2, 0.25) is 0 Å². The summed E-state index contributed by atoms with van der Waals surface area (Å²) in [5.41, 5.74) is 0.